The summed E-state index contributed by atoms with van der Waals surface area (Å²) >= 11 is 0. The molecule has 2 heterocycles. The van der Waals surface area contributed by atoms with Crippen molar-refractivity contribution in [1.29, 1.82) is 0 Å². The molecule has 4 atom stereocenters. The molecule has 0 N–H and O–H groups in total. The third-order valence-corrected chi connectivity index (χ3v) is 2.74. The highest BCUT2D eigenvalue weighted by atomic mass is 16.6. The summed E-state index contributed by atoms with van der Waals surface area (Å²) in [7, 11) is 1.16. The van der Waals surface area contributed by atoms with E-state index in [4.69, 9.17) is 6.11 Å². The first-order chi connectivity index (χ1) is 7.01. The quantitative estimate of drug-likeness (QED) is 0.357. The Balaban J connectivity index is 2.35. The number of hydrogen-bond acceptors (Lipinski definition) is 5. The standard InChI is InChI=1S/C8H11NO5/c1-13-8(10)6-4-2-3-5(14-4)7(6)9(11)12/h4-7H,2-3H2,1H3/t4-,5+,6-,7?/m1/s1/i7D. The number of methoxy groups -OCH3 is 1. The predicted octanol–water partition coefficient (Wildman–Crippen LogP) is -0.0179. The number of nitro groups is 1. The molecule has 0 aromatic rings. The summed E-state index contributed by atoms with van der Waals surface area (Å²) in [5.41, 5.74) is 0. The van der Waals surface area contributed by atoms with Crippen LogP contribution in [0.3, 0.4) is 0 Å². The Bertz CT molecular complexity index is 322. The Morgan fingerprint density at radius 3 is 2.86 bits per heavy atom. The Hall–Kier alpha value is -1.17. The van der Waals surface area contributed by atoms with Crippen LogP contribution in [0.15, 0.2) is 0 Å². The molecule has 0 radical (unpaired) electrons. The normalized spacial score (nSPS) is 46.1. The summed E-state index contributed by atoms with van der Waals surface area (Å²) in [4.78, 5) is 21.5. The van der Waals surface area contributed by atoms with E-state index >= 15 is 0 Å². The van der Waals surface area contributed by atoms with Crippen molar-refractivity contribution in [2.45, 2.75) is 31.1 Å². The molecule has 1 unspecified atom stereocenters. The van der Waals surface area contributed by atoms with E-state index in [1.807, 2.05) is 0 Å². The van der Waals surface area contributed by atoms with Gasteiger partial charge in [-0.15, -0.1) is 0 Å². The SMILES string of the molecule is [2H]C1([N+](=O)[O-])[C@@H]2CC[C@@H](O2)[C@H]1C(=O)OC. The minimum atomic E-state index is -2.07. The maximum atomic E-state index is 11.4. The van der Waals surface area contributed by atoms with Crippen molar-refractivity contribution < 1.29 is 20.6 Å². The number of carbonyl (C=O) groups is 1. The number of ether oxygens (including phenoxy) is 2. The Labute approximate surface area is 81.7 Å². The van der Waals surface area contributed by atoms with E-state index in [0.717, 1.165) is 7.11 Å². The van der Waals surface area contributed by atoms with E-state index in [9.17, 15) is 14.9 Å². The van der Waals surface area contributed by atoms with Gasteiger partial charge in [-0.05, 0) is 12.8 Å². The lowest BCUT2D eigenvalue weighted by Crippen LogP contribution is -2.43. The molecule has 0 aromatic heterocycles. The third kappa shape index (κ3) is 1.18. The van der Waals surface area contributed by atoms with E-state index < -0.39 is 35.0 Å². The van der Waals surface area contributed by atoms with Crippen molar-refractivity contribution in [2.75, 3.05) is 7.11 Å². The zero-order valence-electron chi connectivity index (χ0n) is 8.63. The fourth-order valence-corrected chi connectivity index (χ4v) is 2.15. The van der Waals surface area contributed by atoms with E-state index in [1.165, 1.54) is 0 Å². The fraction of sp³-hybridized carbons (Fsp3) is 0.875. The lowest BCUT2D eigenvalue weighted by molar-refractivity contribution is -0.533. The van der Waals surface area contributed by atoms with Gasteiger partial charge in [0.05, 0.1) is 13.2 Å². The summed E-state index contributed by atoms with van der Waals surface area (Å²) in [6.07, 6.45) is -0.284. The smallest absolute Gasteiger partial charge is 0.318 e. The van der Waals surface area contributed by atoms with Gasteiger partial charge in [-0.25, -0.2) is 0 Å². The zero-order valence-corrected chi connectivity index (χ0v) is 7.63. The Morgan fingerprint density at radius 2 is 2.29 bits per heavy atom. The van der Waals surface area contributed by atoms with Gasteiger partial charge in [0, 0.05) is 4.92 Å². The highest BCUT2D eigenvalue weighted by Crippen LogP contribution is 2.40. The van der Waals surface area contributed by atoms with E-state index in [2.05, 4.69) is 4.74 Å². The van der Waals surface area contributed by atoms with Crippen LogP contribution in [0, 0.1) is 16.0 Å². The number of esters is 1. The Kier molecular flexibility index (Phi) is 1.86. The average Bonchev–Trinajstić information content (AvgIpc) is 2.75. The molecule has 0 saturated carbocycles. The molecule has 2 fully saturated rings. The van der Waals surface area contributed by atoms with Crippen molar-refractivity contribution in [2.24, 2.45) is 5.92 Å². The molecular formula is C8H11NO5. The summed E-state index contributed by atoms with van der Waals surface area (Å²) in [6.45, 7) is 0. The van der Waals surface area contributed by atoms with Crippen LogP contribution in [0.4, 0.5) is 0 Å². The molecule has 2 saturated heterocycles. The molecule has 2 aliphatic rings. The van der Waals surface area contributed by atoms with E-state index in [0.29, 0.717) is 12.8 Å². The monoisotopic (exact) mass is 202 g/mol. The van der Waals surface area contributed by atoms with Crippen molar-refractivity contribution >= 4 is 5.97 Å². The maximum absolute atomic E-state index is 11.4. The van der Waals surface area contributed by atoms with Gasteiger partial charge in [-0.3, -0.25) is 14.9 Å². The van der Waals surface area contributed by atoms with Gasteiger partial charge in [-0.1, -0.05) is 0 Å². The fourth-order valence-electron chi connectivity index (χ4n) is 2.15. The van der Waals surface area contributed by atoms with Crippen LogP contribution in [0.2, 0.25) is 0 Å². The van der Waals surface area contributed by atoms with E-state index in [1.54, 1.807) is 0 Å². The molecule has 78 valence electrons. The van der Waals surface area contributed by atoms with Crippen molar-refractivity contribution in [3.8, 4) is 0 Å². The first-order valence-electron chi connectivity index (χ1n) is 4.89. The van der Waals surface area contributed by atoms with Gasteiger partial charge in [0.2, 0.25) is 0 Å². The van der Waals surface area contributed by atoms with Crippen molar-refractivity contribution in [3.63, 3.8) is 0 Å². The first-order valence-corrected chi connectivity index (χ1v) is 4.39. The molecule has 14 heavy (non-hydrogen) atoms. The lowest BCUT2D eigenvalue weighted by Gasteiger charge is -2.19. The zero-order chi connectivity index (χ0) is 11.2. The molecule has 2 aliphatic heterocycles. The molecule has 0 spiro atoms. The molecule has 2 bridgehead atoms. The summed E-state index contributed by atoms with van der Waals surface area (Å²) < 4.78 is 17.5. The third-order valence-electron chi connectivity index (χ3n) is 2.74. The number of nitrogens with zero attached hydrogens (tertiary/aromatic N) is 1. The van der Waals surface area contributed by atoms with Crippen molar-refractivity contribution in [1.82, 2.24) is 0 Å². The molecular weight excluding hydrogens is 190 g/mol. The average molecular weight is 202 g/mol. The maximum Gasteiger partial charge on any atom is 0.318 e. The number of hydrogen-bond donors (Lipinski definition) is 0. The largest absolute Gasteiger partial charge is 0.469 e. The predicted molar refractivity (Wildman–Crippen MR) is 44.2 cm³/mol. The van der Waals surface area contributed by atoms with E-state index in [-0.39, 0.29) is 0 Å². The van der Waals surface area contributed by atoms with Gasteiger partial charge >= 0.3 is 5.97 Å². The topological polar surface area (TPSA) is 78.7 Å². The molecule has 0 aromatic carbocycles. The summed E-state index contributed by atoms with van der Waals surface area (Å²) in [5, 5.41) is 10.9. The number of fused-ring (bicyclic) bond motifs is 2. The van der Waals surface area contributed by atoms with Gasteiger partial charge in [0.15, 0.2) is 5.92 Å². The summed E-state index contributed by atoms with van der Waals surface area (Å²) in [5.74, 6) is -1.83. The first kappa shape index (κ1) is 8.16. The van der Waals surface area contributed by atoms with Gasteiger partial charge in [0.1, 0.15) is 7.47 Å². The minimum absolute atomic E-state index is 0.461. The van der Waals surface area contributed by atoms with Crippen LogP contribution < -0.4 is 0 Å². The van der Waals surface area contributed by atoms with Crippen LogP contribution in [0.5, 0.6) is 0 Å². The number of rotatable bonds is 2. The number of carbonyl (C=O) groups excluding carboxylic acids is 1. The second-order valence-electron chi connectivity index (χ2n) is 3.42. The Morgan fingerprint density at radius 1 is 1.64 bits per heavy atom. The van der Waals surface area contributed by atoms with Crippen LogP contribution in [-0.2, 0) is 14.3 Å². The second kappa shape index (κ2) is 3.20. The molecule has 6 heteroatoms. The molecule has 6 nitrogen and oxygen atoms in total. The van der Waals surface area contributed by atoms with Gasteiger partial charge in [0.25, 0.3) is 6.02 Å². The lowest BCUT2D eigenvalue weighted by atomic mass is 9.85. The molecule has 0 aliphatic carbocycles. The van der Waals surface area contributed by atoms with Crippen LogP contribution in [0.1, 0.15) is 14.2 Å². The molecule has 2 rings (SSSR count). The highest BCUT2D eigenvalue weighted by Gasteiger charge is 2.59. The minimum Gasteiger partial charge on any atom is -0.469 e. The van der Waals surface area contributed by atoms with Gasteiger partial charge in [-0.2, -0.15) is 0 Å². The van der Waals surface area contributed by atoms with Crippen LogP contribution in [-0.4, -0.2) is 36.2 Å². The van der Waals surface area contributed by atoms with Crippen molar-refractivity contribution in [3.05, 3.63) is 10.1 Å². The summed E-state index contributed by atoms with van der Waals surface area (Å²) in [6, 6.07) is -2.07. The second-order valence-corrected chi connectivity index (χ2v) is 3.42. The van der Waals surface area contributed by atoms with Gasteiger partial charge < -0.3 is 9.47 Å². The highest BCUT2D eigenvalue weighted by molar-refractivity contribution is 5.74. The van der Waals surface area contributed by atoms with Crippen LogP contribution in [0.25, 0.3) is 0 Å². The molecule has 0 amide bonds. The van der Waals surface area contributed by atoms with Crippen LogP contribution >= 0.6 is 0 Å².